The summed E-state index contributed by atoms with van der Waals surface area (Å²) in [6.45, 7) is 2.97. The van der Waals surface area contributed by atoms with Crippen LogP contribution in [0.15, 0.2) is 41.1 Å². The van der Waals surface area contributed by atoms with E-state index in [-0.39, 0.29) is 6.04 Å². The van der Waals surface area contributed by atoms with E-state index in [1.165, 1.54) is 11.1 Å². The van der Waals surface area contributed by atoms with Crippen LogP contribution >= 0.6 is 22.9 Å². The van der Waals surface area contributed by atoms with Crippen LogP contribution in [0.1, 0.15) is 17.5 Å². The van der Waals surface area contributed by atoms with Crippen LogP contribution in [0.3, 0.4) is 0 Å². The predicted octanol–water partition coefficient (Wildman–Crippen LogP) is 3.79. The first-order valence-electron chi connectivity index (χ1n) is 7.43. The van der Waals surface area contributed by atoms with Crippen molar-refractivity contribution >= 4 is 22.9 Å². The van der Waals surface area contributed by atoms with Gasteiger partial charge in [0, 0.05) is 30.7 Å². The third-order valence-corrected chi connectivity index (χ3v) is 5.20. The van der Waals surface area contributed by atoms with Crippen molar-refractivity contribution in [3.8, 4) is 0 Å². The summed E-state index contributed by atoms with van der Waals surface area (Å²) in [5.74, 6) is 0.644. The van der Waals surface area contributed by atoms with Crippen LogP contribution < -0.4 is 5.73 Å². The van der Waals surface area contributed by atoms with E-state index in [1.807, 2.05) is 18.2 Å². The van der Waals surface area contributed by atoms with Gasteiger partial charge in [-0.1, -0.05) is 29.8 Å². The molecule has 2 atom stereocenters. The molecule has 0 saturated carbocycles. The SMILES string of the molecule is NC1CC(Cc2ccsc2)CN(Cc2ccccc2Cl)C1. The standard InChI is InChI=1S/C17H21ClN2S/c18-17-4-2-1-3-15(17)10-20-9-14(8-16(19)11-20)7-13-5-6-21-12-13/h1-6,12,14,16H,7-11,19H2. The van der Waals surface area contributed by atoms with Crippen molar-refractivity contribution in [1.29, 1.82) is 0 Å². The zero-order valence-corrected chi connectivity index (χ0v) is 13.6. The van der Waals surface area contributed by atoms with E-state index in [0.717, 1.165) is 37.5 Å². The Hall–Kier alpha value is -0.870. The molecule has 2 unspecified atom stereocenters. The van der Waals surface area contributed by atoms with E-state index in [1.54, 1.807) is 11.3 Å². The van der Waals surface area contributed by atoms with Crippen molar-refractivity contribution in [2.45, 2.75) is 25.4 Å². The Morgan fingerprint density at radius 1 is 1.24 bits per heavy atom. The smallest absolute Gasteiger partial charge is 0.0451 e. The summed E-state index contributed by atoms with van der Waals surface area (Å²) >= 11 is 8.05. The summed E-state index contributed by atoms with van der Waals surface area (Å²) in [5, 5.41) is 5.25. The molecule has 1 saturated heterocycles. The molecule has 112 valence electrons. The molecule has 0 aliphatic carbocycles. The molecule has 3 rings (SSSR count). The molecular weight excluding hydrogens is 300 g/mol. The van der Waals surface area contributed by atoms with E-state index in [2.05, 4.69) is 27.8 Å². The zero-order chi connectivity index (χ0) is 14.7. The van der Waals surface area contributed by atoms with Crippen LogP contribution in [0.2, 0.25) is 5.02 Å². The highest BCUT2D eigenvalue weighted by Crippen LogP contribution is 2.24. The highest BCUT2D eigenvalue weighted by atomic mass is 35.5. The largest absolute Gasteiger partial charge is 0.327 e. The summed E-state index contributed by atoms with van der Waals surface area (Å²) < 4.78 is 0. The summed E-state index contributed by atoms with van der Waals surface area (Å²) in [5.41, 5.74) is 8.90. The van der Waals surface area contributed by atoms with E-state index in [9.17, 15) is 0 Å². The average Bonchev–Trinajstić information content (AvgIpc) is 2.93. The number of hydrogen-bond donors (Lipinski definition) is 1. The van der Waals surface area contributed by atoms with Crippen LogP contribution in [0.5, 0.6) is 0 Å². The topological polar surface area (TPSA) is 29.3 Å². The normalized spacial score (nSPS) is 23.3. The molecule has 1 aromatic carbocycles. The summed E-state index contributed by atoms with van der Waals surface area (Å²) in [4.78, 5) is 2.45. The minimum absolute atomic E-state index is 0.268. The fraction of sp³-hybridized carbons (Fsp3) is 0.412. The summed E-state index contributed by atoms with van der Waals surface area (Å²) in [6.07, 6.45) is 2.26. The van der Waals surface area contributed by atoms with Crippen LogP contribution in [0, 0.1) is 5.92 Å². The van der Waals surface area contributed by atoms with Crippen molar-refractivity contribution in [3.63, 3.8) is 0 Å². The van der Waals surface area contributed by atoms with Gasteiger partial charge >= 0.3 is 0 Å². The number of likely N-dealkylation sites (tertiary alicyclic amines) is 1. The Balaban J connectivity index is 1.64. The quantitative estimate of drug-likeness (QED) is 0.928. The van der Waals surface area contributed by atoms with Crippen LogP contribution in [0.25, 0.3) is 0 Å². The van der Waals surface area contributed by atoms with Gasteiger partial charge in [-0.05, 0) is 52.8 Å². The van der Waals surface area contributed by atoms with Gasteiger partial charge in [-0.15, -0.1) is 0 Å². The Morgan fingerprint density at radius 3 is 2.86 bits per heavy atom. The Bertz CT molecular complexity index is 570. The van der Waals surface area contributed by atoms with Crippen molar-refractivity contribution in [1.82, 2.24) is 4.90 Å². The molecule has 2 aromatic rings. The fourth-order valence-electron chi connectivity index (χ4n) is 3.24. The molecule has 0 bridgehead atoms. The number of thiophene rings is 1. The van der Waals surface area contributed by atoms with E-state index >= 15 is 0 Å². The van der Waals surface area contributed by atoms with E-state index < -0.39 is 0 Å². The molecule has 0 amide bonds. The van der Waals surface area contributed by atoms with Gasteiger partial charge in [0.25, 0.3) is 0 Å². The molecule has 4 heteroatoms. The second-order valence-corrected chi connectivity index (χ2v) is 7.17. The highest BCUT2D eigenvalue weighted by molar-refractivity contribution is 7.07. The number of nitrogens with two attached hydrogens (primary N) is 1. The third-order valence-electron chi connectivity index (χ3n) is 4.10. The maximum atomic E-state index is 6.27. The monoisotopic (exact) mass is 320 g/mol. The highest BCUT2D eigenvalue weighted by Gasteiger charge is 2.25. The van der Waals surface area contributed by atoms with Gasteiger partial charge in [-0.3, -0.25) is 4.90 Å². The molecule has 1 aliphatic heterocycles. The number of benzene rings is 1. The molecule has 1 fully saturated rings. The van der Waals surface area contributed by atoms with E-state index in [4.69, 9.17) is 17.3 Å². The molecule has 0 radical (unpaired) electrons. The lowest BCUT2D eigenvalue weighted by Crippen LogP contribution is -2.47. The number of hydrogen-bond acceptors (Lipinski definition) is 3. The van der Waals surface area contributed by atoms with Crippen molar-refractivity contribution in [2.75, 3.05) is 13.1 Å². The first kappa shape index (κ1) is 15.0. The van der Waals surface area contributed by atoms with Crippen molar-refractivity contribution in [3.05, 3.63) is 57.2 Å². The number of rotatable bonds is 4. The van der Waals surface area contributed by atoms with Gasteiger partial charge in [0.2, 0.25) is 0 Å². The van der Waals surface area contributed by atoms with Gasteiger partial charge in [-0.2, -0.15) is 11.3 Å². The van der Waals surface area contributed by atoms with Crippen LogP contribution in [0.4, 0.5) is 0 Å². The molecular formula is C17H21ClN2S. The molecule has 2 nitrogen and oxygen atoms in total. The lowest BCUT2D eigenvalue weighted by molar-refractivity contribution is 0.149. The lowest BCUT2D eigenvalue weighted by Gasteiger charge is -2.36. The Morgan fingerprint density at radius 2 is 2.10 bits per heavy atom. The van der Waals surface area contributed by atoms with Crippen molar-refractivity contribution < 1.29 is 0 Å². The second kappa shape index (κ2) is 6.93. The minimum atomic E-state index is 0.268. The molecule has 21 heavy (non-hydrogen) atoms. The summed E-state index contributed by atoms with van der Waals surface area (Å²) in [6, 6.07) is 10.6. The van der Waals surface area contributed by atoms with E-state index in [0.29, 0.717) is 5.92 Å². The maximum absolute atomic E-state index is 6.27. The van der Waals surface area contributed by atoms with Crippen molar-refractivity contribution in [2.24, 2.45) is 11.7 Å². The van der Waals surface area contributed by atoms with Gasteiger partial charge in [0.1, 0.15) is 0 Å². The van der Waals surface area contributed by atoms with Gasteiger partial charge < -0.3 is 5.73 Å². The third kappa shape index (κ3) is 4.07. The van der Waals surface area contributed by atoms with Gasteiger partial charge in [0.15, 0.2) is 0 Å². The molecule has 1 aliphatic rings. The number of piperidine rings is 1. The molecule has 2 N–H and O–H groups in total. The van der Waals surface area contributed by atoms with Gasteiger partial charge in [-0.25, -0.2) is 0 Å². The fourth-order valence-corrected chi connectivity index (χ4v) is 4.11. The zero-order valence-electron chi connectivity index (χ0n) is 12.0. The van der Waals surface area contributed by atoms with Gasteiger partial charge in [0.05, 0.1) is 0 Å². The van der Waals surface area contributed by atoms with Crippen LogP contribution in [-0.2, 0) is 13.0 Å². The molecule has 1 aromatic heterocycles. The predicted molar refractivity (Wildman–Crippen MR) is 90.8 cm³/mol. The van der Waals surface area contributed by atoms with Crippen LogP contribution in [-0.4, -0.2) is 24.0 Å². The first-order chi connectivity index (χ1) is 10.2. The molecule has 0 spiro atoms. The first-order valence-corrected chi connectivity index (χ1v) is 8.75. The second-order valence-electron chi connectivity index (χ2n) is 5.98. The lowest BCUT2D eigenvalue weighted by atomic mass is 9.89. The average molecular weight is 321 g/mol. The Labute approximate surface area is 135 Å². The number of halogens is 1. The maximum Gasteiger partial charge on any atom is 0.0451 e. The Kier molecular flexibility index (Phi) is 4.96. The minimum Gasteiger partial charge on any atom is -0.327 e. The number of nitrogens with zero attached hydrogens (tertiary/aromatic N) is 1. The summed E-state index contributed by atoms with van der Waals surface area (Å²) in [7, 11) is 0. The molecule has 2 heterocycles.